The van der Waals surface area contributed by atoms with Crippen LogP contribution in [0.5, 0.6) is 0 Å². The van der Waals surface area contributed by atoms with E-state index in [4.69, 9.17) is 11.6 Å². The third-order valence-corrected chi connectivity index (χ3v) is 6.53. The first kappa shape index (κ1) is 19.8. The number of nitrogens with zero attached hydrogens (tertiary/aromatic N) is 2. The molecular formula is C23H21ClN2O2S. The highest BCUT2D eigenvalue weighted by Gasteiger charge is 2.36. The van der Waals surface area contributed by atoms with E-state index in [1.807, 2.05) is 81.4 Å². The maximum atomic E-state index is 12.9. The number of thioether (sulfide) groups is 1. The molecule has 1 N–H and O–H groups in total. The molecule has 6 heteroatoms. The standard InChI is InChI=1S/C23H21ClN2O2S/c1-14-12-17(16(3)25(14)20-11-7-10-19(24)15(20)2)13-21-22(27)26(23(28)29-21)18-8-5-4-6-9-18/h4-13,23,28H,1-3H3/b21-13+. The Labute approximate surface area is 179 Å². The van der Waals surface area contributed by atoms with Crippen LogP contribution in [0.4, 0.5) is 5.69 Å². The average Bonchev–Trinajstić information content (AvgIpc) is 3.13. The first-order valence-electron chi connectivity index (χ1n) is 9.28. The molecule has 29 heavy (non-hydrogen) atoms. The lowest BCUT2D eigenvalue weighted by Gasteiger charge is -2.18. The fourth-order valence-corrected chi connectivity index (χ4v) is 4.76. The second-order valence-electron chi connectivity index (χ2n) is 7.01. The van der Waals surface area contributed by atoms with Crippen molar-refractivity contribution in [2.24, 2.45) is 0 Å². The molecule has 0 bridgehead atoms. The van der Waals surface area contributed by atoms with E-state index in [2.05, 4.69) is 4.57 Å². The minimum atomic E-state index is -0.935. The number of aliphatic hydroxyl groups is 1. The molecule has 3 aromatic rings. The van der Waals surface area contributed by atoms with E-state index in [1.165, 1.54) is 4.90 Å². The molecule has 4 rings (SSSR count). The second-order valence-corrected chi connectivity index (χ2v) is 8.51. The van der Waals surface area contributed by atoms with Crippen LogP contribution in [0, 0.1) is 20.8 Å². The average molecular weight is 425 g/mol. The Morgan fingerprint density at radius 1 is 1.07 bits per heavy atom. The van der Waals surface area contributed by atoms with Gasteiger partial charge in [0.15, 0.2) is 5.56 Å². The van der Waals surface area contributed by atoms with Crippen LogP contribution >= 0.6 is 23.4 Å². The Hall–Kier alpha value is -2.47. The van der Waals surface area contributed by atoms with Gasteiger partial charge in [0.25, 0.3) is 5.91 Å². The Morgan fingerprint density at radius 3 is 2.52 bits per heavy atom. The summed E-state index contributed by atoms with van der Waals surface area (Å²) in [6.07, 6.45) is 1.86. The van der Waals surface area contributed by atoms with Crippen LogP contribution in [0.2, 0.25) is 5.02 Å². The van der Waals surface area contributed by atoms with Gasteiger partial charge in [-0.3, -0.25) is 9.69 Å². The molecule has 1 amide bonds. The molecule has 1 aliphatic heterocycles. The highest BCUT2D eigenvalue weighted by atomic mass is 35.5. The summed E-state index contributed by atoms with van der Waals surface area (Å²) in [7, 11) is 0. The molecule has 2 heterocycles. The zero-order valence-corrected chi connectivity index (χ0v) is 18.0. The number of amides is 1. The minimum Gasteiger partial charge on any atom is -0.364 e. The molecule has 0 saturated carbocycles. The molecule has 0 radical (unpaired) electrons. The zero-order chi connectivity index (χ0) is 20.7. The fraction of sp³-hybridized carbons (Fsp3) is 0.174. The number of hydrogen-bond donors (Lipinski definition) is 1. The number of carbonyl (C=O) groups excluding carboxylic acids is 1. The number of aliphatic hydroxyl groups excluding tert-OH is 1. The molecule has 1 aromatic heterocycles. The highest BCUT2D eigenvalue weighted by Crippen LogP contribution is 2.38. The van der Waals surface area contributed by atoms with Gasteiger partial charge < -0.3 is 9.67 Å². The van der Waals surface area contributed by atoms with Crippen molar-refractivity contribution < 1.29 is 9.90 Å². The molecule has 1 fully saturated rings. The molecule has 0 aliphatic carbocycles. The predicted octanol–water partition coefficient (Wildman–Crippen LogP) is 5.45. The lowest BCUT2D eigenvalue weighted by Crippen LogP contribution is -2.31. The molecule has 148 valence electrons. The maximum absolute atomic E-state index is 12.9. The van der Waals surface area contributed by atoms with Crippen molar-refractivity contribution in [2.75, 3.05) is 4.90 Å². The quantitative estimate of drug-likeness (QED) is 0.568. The Bertz CT molecular complexity index is 1120. The maximum Gasteiger partial charge on any atom is 0.267 e. The van der Waals surface area contributed by atoms with Crippen LogP contribution in [0.3, 0.4) is 0 Å². The molecule has 1 saturated heterocycles. The van der Waals surface area contributed by atoms with Crippen LogP contribution in [0.25, 0.3) is 11.8 Å². The lowest BCUT2D eigenvalue weighted by atomic mass is 10.2. The number of aryl methyl sites for hydroxylation is 1. The summed E-state index contributed by atoms with van der Waals surface area (Å²) in [5.74, 6) is -0.197. The topological polar surface area (TPSA) is 45.5 Å². The number of hydrogen-bond acceptors (Lipinski definition) is 3. The van der Waals surface area contributed by atoms with Crippen molar-refractivity contribution in [1.29, 1.82) is 0 Å². The summed E-state index contributed by atoms with van der Waals surface area (Å²) in [5.41, 5.74) is 4.79. The Balaban J connectivity index is 1.73. The van der Waals surface area contributed by atoms with Gasteiger partial charge in [0.05, 0.1) is 4.91 Å². The SMILES string of the molecule is Cc1c(Cl)cccc1-n1c(C)cc(/C=C2/SC(O)N(c3ccccc3)C2=O)c1C. The first-order chi connectivity index (χ1) is 13.9. The van der Waals surface area contributed by atoms with Crippen molar-refractivity contribution in [3.63, 3.8) is 0 Å². The van der Waals surface area contributed by atoms with E-state index in [0.29, 0.717) is 10.6 Å². The normalized spacial score (nSPS) is 18.1. The number of rotatable bonds is 3. The fourth-order valence-electron chi connectivity index (χ4n) is 3.65. The summed E-state index contributed by atoms with van der Waals surface area (Å²) >= 11 is 7.47. The monoisotopic (exact) mass is 424 g/mol. The number of aromatic nitrogens is 1. The van der Waals surface area contributed by atoms with Gasteiger partial charge in [-0.25, -0.2) is 0 Å². The summed E-state index contributed by atoms with van der Waals surface area (Å²) in [4.78, 5) is 14.9. The first-order valence-corrected chi connectivity index (χ1v) is 10.5. The number of benzene rings is 2. The third-order valence-electron chi connectivity index (χ3n) is 5.15. The number of carbonyl (C=O) groups is 1. The van der Waals surface area contributed by atoms with Crippen molar-refractivity contribution in [3.05, 3.63) is 87.0 Å². The number of anilines is 1. The molecule has 2 aromatic carbocycles. The van der Waals surface area contributed by atoms with Crippen LogP contribution in [-0.2, 0) is 4.79 Å². The van der Waals surface area contributed by atoms with Gasteiger partial charge in [-0.2, -0.15) is 0 Å². The highest BCUT2D eigenvalue weighted by molar-refractivity contribution is 8.05. The lowest BCUT2D eigenvalue weighted by molar-refractivity contribution is -0.114. The molecule has 1 unspecified atom stereocenters. The molecule has 0 spiro atoms. The van der Waals surface area contributed by atoms with Gasteiger partial charge in [-0.05, 0) is 68.3 Å². The molecule has 1 atom stereocenters. The van der Waals surface area contributed by atoms with E-state index in [0.717, 1.165) is 45.0 Å². The Morgan fingerprint density at radius 2 is 1.79 bits per heavy atom. The van der Waals surface area contributed by atoms with Gasteiger partial charge in [0.2, 0.25) is 0 Å². The summed E-state index contributed by atoms with van der Waals surface area (Å²) < 4.78 is 2.14. The van der Waals surface area contributed by atoms with Crippen LogP contribution in [0.15, 0.2) is 59.5 Å². The molecule has 4 nitrogen and oxygen atoms in total. The van der Waals surface area contributed by atoms with E-state index in [1.54, 1.807) is 0 Å². The van der Waals surface area contributed by atoms with Gasteiger partial charge in [0.1, 0.15) is 0 Å². The zero-order valence-electron chi connectivity index (χ0n) is 16.4. The van der Waals surface area contributed by atoms with Crippen molar-refractivity contribution in [1.82, 2.24) is 4.57 Å². The number of para-hydroxylation sites is 1. The van der Waals surface area contributed by atoms with E-state index in [9.17, 15) is 9.90 Å². The van der Waals surface area contributed by atoms with Crippen LogP contribution in [0.1, 0.15) is 22.5 Å². The Kier molecular flexibility index (Phi) is 5.30. The molecule has 1 aliphatic rings. The van der Waals surface area contributed by atoms with Crippen LogP contribution in [-0.4, -0.2) is 21.1 Å². The van der Waals surface area contributed by atoms with Gasteiger partial charge in [0, 0.05) is 27.8 Å². The third kappa shape index (κ3) is 3.50. The van der Waals surface area contributed by atoms with Crippen molar-refractivity contribution in [2.45, 2.75) is 26.3 Å². The van der Waals surface area contributed by atoms with Crippen molar-refractivity contribution >= 4 is 41.0 Å². The van der Waals surface area contributed by atoms with E-state index < -0.39 is 5.56 Å². The van der Waals surface area contributed by atoms with E-state index >= 15 is 0 Å². The minimum absolute atomic E-state index is 0.197. The summed E-state index contributed by atoms with van der Waals surface area (Å²) in [6.45, 7) is 6.05. The van der Waals surface area contributed by atoms with Crippen LogP contribution < -0.4 is 4.90 Å². The summed E-state index contributed by atoms with van der Waals surface area (Å²) in [5, 5.41) is 11.2. The largest absolute Gasteiger partial charge is 0.364 e. The van der Waals surface area contributed by atoms with Gasteiger partial charge >= 0.3 is 0 Å². The molecular weight excluding hydrogens is 404 g/mol. The van der Waals surface area contributed by atoms with Gasteiger partial charge in [-0.1, -0.05) is 47.6 Å². The number of halogens is 1. The second kappa shape index (κ2) is 7.75. The smallest absolute Gasteiger partial charge is 0.267 e. The van der Waals surface area contributed by atoms with Gasteiger partial charge in [-0.15, -0.1) is 0 Å². The van der Waals surface area contributed by atoms with Crippen molar-refractivity contribution in [3.8, 4) is 5.69 Å². The summed E-state index contributed by atoms with van der Waals surface area (Å²) in [6, 6.07) is 17.1. The van der Waals surface area contributed by atoms with E-state index in [-0.39, 0.29) is 5.91 Å². The predicted molar refractivity (Wildman–Crippen MR) is 120 cm³/mol.